The Labute approximate surface area is 171 Å². The van der Waals surface area contributed by atoms with E-state index in [1.54, 1.807) is 30.3 Å². The summed E-state index contributed by atoms with van der Waals surface area (Å²) < 4.78 is 39.1. The number of hydrogen-bond acceptors (Lipinski definition) is 5. The molecule has 0 saturated heterocycles. The highest BCUT2D eigenvalue weighted by molar-refractivity contribution is 7.92. The lowest BCUT2D eigenvalue weighted by molar-refractivity contribution is -0.116. The van der Waals surface area contributed by atoms with Crippen LogP contribution in [0.4, 0.5) is 11.4 Å². The molecule has 29 heavy (non-hydrogen) atoms. The van der Waals surface area contributed by atoms with Crippen LogP contribution in [0.1, 0.15) is 33.1 Å². The van der Waals surface area contributed by atoms with E-state index >= 15 is 0 Å². The summed E-state index contributed by atoms with van der Waals surface area (Å²) in [7, 11) is -3.79. The van der Waals surface area contributed by atoms with Gasteiger partial charge in [0.1, 0.15) is 0 Å². The average molecular weight is 419 g/mol. The lowest BCUT2D eigenvalue weighted by atomic mass is 10.1. The smallest absolute Gasteiger partial charge is 0.262 e. The van der Waals surface area contributed by atoms with E-state index in [0.29, 0.717) is 48.4 Å². The second kappa shape index (κ2) is 9.17. The second-order valence-corrected chi connectivity index (χ2v) is 9.00. The summed E-state index contributed by atoms with van der Waals surface area (Å²) in [5.74, 6) is 1.37. The molecule has 1 aliphatic heterocycles. The molecule has 1 amide bonds. The molecule has 0 fully saturated rings. The minimum absolute atomic E-state index is 0.0563. The van der Waals surface area contributed by atoms with E-state index in [4.69, 9.17) is 9.47 Å². The molecular weight excluding hydrogens is 392 g/mol. The van der Waals surface area contributed by atoms with Gasteiger partial charge in [0.15, 0.2) is 11.5 Å². The molecule has 156 valence electrons. The van der Waals surface area contributed by atoms with Gasteiger partial charge in [-0.3, -0.25) is 9.52 Å². The number of hydrogen-bond donors (Lipinski definition) is 2. The average Bonchev–Trinajstić information content (AvgIpc) is 2.92. The maximum atomic E-state index is 12.7. The predicted octanol–water partition coefficient (Wildman–Crippen LogP) is 4.02. The van der Waals surface area contributed by atoms with E-state index in [9.17, 15) is 13.2 Å². The summed E-state index contributed by atoms with van der Waals surface area (Å²) in [6.07, 6.45) is 2.02. The largest absolute Gasteiger partial charge is 0.490 e. The molecule has 7 nitrogen and oxygen atoms in total. The quantitative estimate of drug-likeness (QED) is 0.708. The fraction of sp³-hybridized carbons (Fsp3) is 0.381. The molecule has 0 aliphatic carbocycles. The highest BCUT2D eigenvalue weighted by Gasteiger charge is 2.19. The number of carbonyl (C=O) groups is 1. The Morgan fingerprint density at radius 2 is 1.66 bits per heavy atom. The van der Waals surface area contributed by atoms with Crippen molar-refractivity contribution in [1.82, 2.24) is 0 Å². The number of anilines is 2. The standard InChI is InChI=1S/C21H26N2O5S/c1-15(2)4-11-21(24)22-16-5-7-17(8-6-16)23-29(25,26)18-9-10-19-20(14-18)28-13-3-12-27-19/h5-10,14-15,23H,3-4,11-13H2,1-2H3,(H,22,24). The van der Waals surface area contributed by atoms with Gasteiger partial charge in [0.05, 0.1) is 18.1 Å². The monoisotopic (exact) mass is 418 g/mol. The lowest BCUT2D eigenvalue weighted by Crippen LogP contribution is -2.14. The van der Waals surface area contributed by atoms with Crippen molar-refractivity contribution in [2.75, 3.05) is 23.3 Å². The van der Waals surface area contributed by atoms with Gasteiger partial charge in [0.25, 0.3) is 10.0 Å². The minimum atomic E-state index is -3.79. The Hall–Kier alpha value is -2.74. The van der Waals surface area contributed by atoms with Crippen molar-refractivity contribution in [3.8, 4) is 11.5 Å². The van der Waals surface area contributed by atoms with E-state index in [1.807, 2.05) is 0 Å². The highest BCUT2D eigenvalue weighted by atomic mass is 32.2. The highest BCUT2D eigenvalue weighted by Crippen LogP contribution is 2.32. The van der Waals surface area contributed by atoms with Crippen LogP contribution in [-0.2, 0) is 14.8 Å². The number of ether oxygens (including phenoxy) is 2. The van der Waals surface area contributed by atoms with Crippen molar-refractivity contribution in [3.63, 3.8) is 0 Å². The zero-order valence-corrected chi connectivity index (χ0v) is 17.4. The number of sulfonamides is 1. The Kier molecular flexibility index (Phi) is 6.64. The van der Waals surface area contributed by atoms with Gasteiger partial charge in [0, 0.05) is 30.3 Å². The number of nitrogens with one attached hydrogen (secondary N) is 2. The SMILES string of the molecule is CC(C)CCC(=O)Nc1ccc(NS(=O)(=O)c2ccc3c(c2)OCCCO3)cc1. The van der Waals surface area contributed by atoms with Crippen LogP contribution < -0.4 is 19.5 Å². The molecule has 1 aliphatic rings. The molecular formula is C21H26N2O5S. The zero-order valence-electron chi connectivity index (χ0n) is 16.6. The van der Waals surface area contributed by atoms with Crippen LogP contribution in [0.15, 0.2) is 47.4 Å². The van der Waals surface area contributed by atoms with Gasteiger partial charge in [-0.25, -0.2) is 8.42 Å². The Bertz CT molecular complexity index is 956. The lowest BCUT2D eigenvalue weighted by Gasteiger charge is -2.12. The van der Waals surface area contributed by atoms with Crippen molar-refractivity contribution in [1.29, 1.82) is 0 Å². The van der Waals surface area contributed by atoms with E-state index in [0.717, 1.165) is 12.8 Å². The summed E-state index contributed by atoms with van der Waals surface area (Å²) in [4.78, 5) is 12.0. The molecule has 0 bridgehead atoms. The van der Waals surface area contributed by atoms with Crippen LogP contribution in [0.2, 0.25) is 0 Å². The number of fused-ring (bicyclic) bond motifs is 1. The normalized spacial score (nSPS) is 13.6. The molecule has 0 radical (unpaired) electrons. The van der Waals surface area contributed by atoms with E-state index < -0.39 is 10.0 Å². The predicted molar refractivity (Wildman–Crippen MR) is 112 cm³/mol. The fourth-order valence-electron chi connectivity index (χ4n) is 2.79. The van der Waals surface area contributed by atoms with Gasteiger partial charge in [-0.2, -0.15) is 0 Å². The first-order chi connectivity index (χ1) is 13.8. The van der Waals surface area contributed by atoms with Crippen LogP contribution in [-0.4, -0.2) is 27.5 Å². The Morgan fingerprint density at radius 1 is 1.00 bits per heavy atom. The Morgan fingerprint density at radius 3 is 2.34 bits per heavy atom. The maximum absolute atomic E-state index is 12.7. The summed E-state index contributed by atoms with van der Waals surface area (Å²) in [5.41, 5.74) is 1.02. The van der Waals surface area contributed by atoms with Crippen LogP contribution >= 0.6 is 0 Å². The third-order valence-electron chi connectivity index (χ3n) is 4.40. The first-order valence-corrected chi connectivity index (χ1v) is 11.1. The van der Waals surface area contributed by atoms with Gasteiger partial charge in [-0.1, -0.05) is 13.8 Å². The topological polar surface area (TPSA) is 93.7 Å². The minimum Gasteiger partial charge on any atom is -0.490 e. The molecule has 2 aromatic rings. The number of amides is 1. The van der Waals surface area contributed by atoms with Gasteiger partial charge < -0.3 is 14.8 Å². The second-order valence-electron chi connectivity index (χ2n) is 7.32. The van der Waals surface area contributed by atoms with Crippen LogP contribution in [0, 0.1) is 5.92 Å². The molecule has 1 heterocycles. The van der Waals surface area contributed by atoms with Gasteiger partial charge in [-0.05, 0) is 48.7 Å². The van der Waals surface area contributed by atoms with E-state index in [1.165, 1.54) is 12.1 Å². The first kappa shape index (κ1) is 21.0. The third-order valence-corrected chi connectivity index (χ3v) is 5.78. The summed E-state index contributed by atoms with van der Waals surface area (Å²) in [5, 5.41) is 2.81. The molecule has 3 rings (SSSR count). The number of benzene rings is 2. The maximum Gasteiger partial charge on any atom is 0.262 e. The molecule has 0 unspecified atom stereocenters. The molecule has 2 N–H and O–H groups in total. The molecule has 0 aromatic heterocycles. The van der Waals surface area contributed by atoms with Crippen molar-refractivity contribution in [2.24, 2.45) is 5.92 Å². The summed E-state index contributed by atoms with van der Waals surface area (Å²) >= 11 is 0. The third kappa shape index (κ3) is 5.87. The number of carbonyl (C=O) groups excluding carboxylic acids is 1. The molecule has 0 atom stereocenters. The van der Waals surface area contributed by atoms with E-state index in [2.05, 4.69) is 23.9 Å². The zero-order chi connectivity index (χ0) is 20.9. The Balaban J connectivity index is 1.66. The molecule has 0 saturated carbocycles. The number of rotatable bonds is 7. The van der Waals surface area contributed by atoms with Crippen molar-refractivity contribution in [3.05, 3.63) is 42.5 Å². The van der Waals surface area contributed by atoms with Gasteiger partial charge >= 0.3 is 0 Å². The van der Waals surface area contributed by atoms with Crippen LogP contribution in [0.5, 0.6) is 11.5 Å². The first-order valence-electron chi connectivity index (χ1n) is 9.66. The summed E-state index contributed by atoms with van der Waals surface area (Å²) in [6, 6.07) is 11.1. The molecule has 8 heteroatoms. The van der Waals surface area contributed by atoms with Crippen molar-refractivity contribution < 1.29 is 22.7 Å². The van der Waals surface area contributed by atoms with E-state index in [-0.39, 0.29) is 10.8 Å². The van der Waals surface area contributed by atoms with Crippen molar-refractivity contribution >= 4 is 27.3 Å². The van der Waals surface area contributed by atoms with Gasteiger partial charge in [0.2, 0.25) is 5.91 Å². The summed E-state index contributed by atoms with van der Waals surface area (Å²) in [6.45, 7) is 5.15. The molecule has 2 aromatic carbocycles. The van der Waals surface area contributed by atoms with Crippen molar-refractivity contribution in [2.45, 2.75) is 38.0 Å². The van der Waals surface area contributed by atoms with Crippen LogP contribution in [0.25, 0.3) is 0 Å². The molecule has 0 spiro atoms. The fourth-order valence-corrected chi connectivity index (χ4v) is 3.86. The van der Waals surface area contributed by atoms with Gasteiger partial charge in [-0.15, -0.1) is 0 Å². The van der Waals surface area contributed by atoms with Crippen LogP contribution in [0.3, 0.4) is 0 Å².